The largest absolute Gasteiger partial charge is 0.383 e. The van der Waals surface area contributed by atoms with Crippen molar-refractivity contribution < 1.29 is 9.53 Å². The highest BCUT2D eigenvalue weighted by molar-refractivity contribution is 5.81. The molecule has 2 atom stereocenters. The fourth-order valence-electron chi connectivity index (χ4n) is 2.26. The number of nitrogens with one attached hydrogen (secondary N) is 2. The molecule has 2 unspecified atom stereocenters. The third kappa shape index (κ3) is 6.74. The normalized spacial score (nSPS) is 14.0. The van der Waals surface area contributed by atoms with Gasteiger partial charge in [-0.2, -0.15) is 0 Å². The van der Waals surface area contributed by atoms with Gasteiger partial charge in [-0.25, -0.2) is 0 Å². The van der Waals surface area contributed by atoms with Crippen molar-refractivity contribution in [1.82, 2.24) is 10.6 Å². The Labute approximate surface area is 128 Å². The maximum atomic E-state index is 12.0. The standard InChI is InChI=1S/C17H28N2O2/c1-13(2)12-16(15-8-6-5-7-9-15)19-14(3)17(20)18-10-11-21-4/h5-9,13-14,16,19H,10-12H2,1-4H3,(H,18,20). The van der Waals surface area contributed by atoms with Gasteiger partial charge in [0, 0.05) is 19.7 Å². The molecule has 0 spiro atoms. The molecule has 0 saturated carbocycles. The number of ether oxygens (including phenoxy) is 1. The second-order valence-electron chi connectivity index (χ2n) is 5.76. The zero-order valence-corrected chi connectivity index (χ0v) is 13.6. The molecule has 4 nitrogen and oxygen atoms in total. The van der Waals surface area contributed by atoms with Gasteiger partial charge in [0.1, 0.15) is 0 Å². The molecule has 0 saturated heterocycles. The van der Waals surface area contributed by atoms with Crippen LogP contribution >= 0.6 is 0 Å². The van der Waals surface area contributed by atoms with Crippen molar-refractivity contribution in [3.63, 3.8) is 0 Å². The number of carbonyl (C=O) groups excluding carboxylic acids is 1. The lowest BCUT2D eigenvalue weighted by Gasteiger charge is -2.25. The Morgan fingerprint density at radius 2 is 1.86 bits per heavy atom. The Balaban J connectivity index is 2.62. The summed E-state index contributed by atoms with van der Waals surface area (Å²) in [5, 5.41) is 6.31. The molecule has 2 N–H and O–H groups in total. The summed E-state index contributed by atoms with van der Waals surface area (Å²) in [6.45, 7) is 7.37. The van der Waals surface area contributed by atoms with E-state index in [0.717, 1.165) is 6.42 Å². The molecule has 0 radical (unpaired) electrons. The lowest BCUT2D eigenvalue weighted by atomic mass is 9.96. The Morgan fingerprint density at radius 3 is 2.43 bits per heavy atom. The summed E-state index contributed by atoms with van der Waals surface area (Å²) in [6.07, 6.45) is 1.000. The first kappa shape index (κ1) is 17.7. The molecule has 4 heteroatoms. The number of benzene rings is 1. The summed E-state index contributed by atoms with van der Waals surface area (Å²) in [6, 6.07) is 10.3. The van der Waals surface area contributed by atoms with Gasteiger partial charge in [-0.15, -0.1) is 0 Å². The number of carbonyl (C=O) groups is 1. The predicted molar refractivity (Wildman–Crippen MR) is 86.1 cm³/mol. The number of rotatable bonds is 9. The van der Waals surface area contributed by atoms with Crippen LogP contribution < -0.4 is 10.6 Å². The van der Waals surface area contributed by atoms with Crippen LogP contribution in [0.1, 0.15) is 38.8 Å². The highest BCUT2D eigenvalue weighted by Crippen LogP contribution is 2.21. The van der Waals surface area contributed by atoms with Crippen LogP contribution in [0.15, 0.2) is 30.3 Å². The van der Waals surface area contributed by atoms with Gasteiger partial charge in [-0.3, -0.25) is 10.1 Å². The molecule has 0 aliphatic rings. The van der Waals surface area contributed by atoms with Gasteiger partial charge >= 0.3 is 0 Å². The number of hydrogen-bond acceptors (Lipinski definition) is 3. The molecule has 1 rings (SSSR count). The first-order chi connectivity index (χ1) is 10.0. The van der Waals surface area contributed by atoms with E-state index in [1.54, 1.807) is 7.11 Å². The van der Waals surface area contributed by atoms with E-state index in [1.807, 2.05) is 25.1 Å². The second kappa shape index (κ2) is 9.53. The maximum Gasteiger partial charge on any atom is 0.236 e. The van der Waals surface area contributed by atoms with Crippen molar-refractivity contribution in [3.05, 3.63) is 35.9 Å². The summed E-state index contributed by atoms with van der Waals surface area (Å²) in [5.41, 5.74) is 1.22. The average Bonchev–Trinajstić information content (AvgIpc) is 2.47. The fourth-order valence-corrected chi connectivity index (χ4v) is 2.26. The average molecular weight is 292 g/mol. The van der Waals surface area contributed by atoms with E-state index in [4.69, 9.17) is 4.74 Å². The number of methoxy groups -OCH3 is 1. The molecule has 0 aliphatic heterocycles. The summed E-state index contributed by atoms with van der Waals surface area (Å²) < 4.78 is 4.94. The highest BCUT2D eigenvalue weighted by atomic mass is 16.5. The summed E-state index contributed by atoms with van der Waals surface area (Å²) >= 11 is 0. The van der Waals surface area contributed by atoms with Gasteiger partial charge in [0.25, 0.3) is 0 Å². The minimum Gasteiger partial charge on any atom is -0.383 e. The zero-order chi connectivity index (χ0) is 15.7. The lowest BCUT2D eigenvalue weighted by Crippen LogP contribution is -2.44. The highest BCUT2D eigenvalue weighted by Gasteiger charge is 2.19. The maximum absolute atomic E-state index is 12.0. The Bertz CT molecular complexity index is 407. The monoisotopic (exact) mass is 292 g/mol. The van der Waals surface area contributed by atoms with Gasteiger partial charge in [0.15, 0.2) is 0 Å². The molecule has 0 bridgehead atoms. The number of amides is 1. The minimum absolute atomic E-state index is 0.0109. The third-order valence-corrected chi connectivity index (χ3v) is 3.36. The molecular weight excluding hydrogens is 264 g/mol. The molecule has 118 valence electrons. The topological polar surface area (TPSA) is 50.4 Å². The summed E-state index contributed by atoms with van der Waals surface area (Å²) in [4.78, 5) is 12.0. The van der Waals surface area contributed by atoms with Crippen molar-refractivity contribution in [2.45, 2.75) is 39.3 Å². The molecule has 0 aromatic heterocycles. The van der Waals surface area contributed by atoms with Crippen LogP contribution in [0, 0.1) is 5.92 Å². The summed E-state index contributed by atoms with van der Waals surface area (Å²) in [7, 11) is 1.63. The van der Waals surface area contributed by atoms with Crippen LogP contribution in [0.25, 0.3) is 0 Å². The smallest absolute Gasteiger partial charge is 0.236 e. The first-order valence-corrected chi connectivity index (χ1v) is 7.62. The van der Waals surface area contributed by atoms with Crippen LogP contribution in [-0.2, 0) is 9.53 Å². The van der Waals surface area contributed by atoms with Gasteiger partial charge in [-0.1, -0.05) is 44.2 Å². The lowest BCUT2D eigenvalue weighted by molar-refractivity contribution is -0.123. The Morgan fingerprint density at radius 1 is 1.19 bits per heavy atom. The van der Waals surface area contributed by atoms with Crippen molar-refractivity contribution >= 4 is 5.91 Å². The number of hydrogen-bond donors (Lipinski definition) is 2. The van der Waals surface area contributed by atoms with E-state index in [9.17, 15) is 4.79 Å². The van der Waals surface area contributed by atoms with E-state index in [0.29, 0.717) is 19.1 Å². The molecule has 1 amide bonds. The molecule has 0 fully saturated rings. The second-order valence-corrected chi connectivity index (χ2v) is 5.76. The summed E-state index contributed by atoms with van der Waals surface area (Å²) in [5.74, 6) is 0.572. The van der Waals surface area contributed by atoms with E-state index in [-0.39, 0.29) is 18.0 Å². The van der Waals surface area contributed by atoms with Crippen LogP contribution in [0.3, 0.4) is 0 Å². The molecule has 0 heterocycles. The van der Waals surface area contributed by atoms with Crippen LogP contribution in [0.4, 0.5) is 0 Å². The van der Waals surface area contributed by atoms with Crippen molar-refractivity contribution in [3.8, 4) is 0 Å². The molecular formula is C17H28N2O2. The Kier molecular flexibility index (Phi) is 8.01. The van der Waals surface area contributed by atoms with Crippen molar-refractivity contribution in [2.75, 3.05) is 20.3 Å². The SMILES string of the molecule is COCCNC(=O)C(C)NC(CC(C)C)c1ccccc1. The van der Waals surface area contributed by atoms with Gasteiger partial charge in [0.05, 0.1) is 12.6 Å². The van der Waals surface area contributed by atoms with E-state index in [1.165, 1.54) is 5.56 Å². The molecule has 21 heavy (non-hydrogen) atoms. The quantitative estimate of drug-likeness (QED) is 0.688. The van der Waals surface area contributed by atoms with Crippen LogP contribution in [-0.4, -0.2) is 32.2 Å². The third-order valence-electron chi connectivity index (χ3n) is 3.36. The molecule has 1 aromatic rings. The van der Waals surface area contributed by atoms with E-state index >= 15 is 0 Å². The van der Waals surface area contributed by atoms with Crippen LogP contribution in [0.2, 0.25) is 0 Å². The van der Waals surface area contributed by atoms with Crippen LogP contribution in [0.5, 0.6) is 0 Å². The minimum atomic E-state index is -0.231. The van der Waals surface area contributed by atoms with Crippen molar-refractivity contribution in [1.29, 1.82) is 0 Å². The first-order valence-electron chi connectivity index (χ1n) is 7.62. The molecule has 1 aromatic carbocycles. The van der Waals surface area contributed by atoms with Gasteiger partial charge in [0.2, 0.25) is 5.91 Å². The fraction of sp³-hybridized carbons (Fsp3) is 0.588. The van der Waals surface area contributed by atoms with E-state index < -0.39 is 0 Å². The predicted octanol–water partition coefficient (Wildman–Crippen LogP) is 2.51. The van der Waals surface area contributed by atoms with Crippen molar-refractivity contribution in [2.24, 2.45) is 5.92 Å². The van der Waals surface area contributed by atoms with E-state index in [2.05, 4.69) is 36.6 Å². The molecule has 0 aliphatic carbocycles. The Hall–Kier alpha value is -1.39. The van der Waals surface area contributed by atoms with Gasteiger partial charge < -0.3 is 10.1 Å². The zero-order valence-electron chi connectivity index (χ0n) is 13.6. The van der Waals surface area contributed by atoms with Gasteiger partial charge in [-0.05, 0) is 24.8 Å².